The van der Waals surface area contributed by atoms with Gasteiger partial charge in [-0.05, 0) is 61.7 Å². The summed E-state index contributed by atoms with van der Waals surface area (Å²) >= 11 is 0. The summed E-state index contributed by atoms with van der Waals surface area (Å²) in [5.41, 5.74) is 4.52. The van der Waals surface area contributed by atoms with Gasteiger partial charge in [-0.3, -0.25) is 9.52 Å². The van der Waals surface area contributed by atoms with E-state index in [4.69, 9.17) is 0 Å². The summed E-state index contributed by atoms with van der Waals surface area (Å²) in [5, 5.41) is 0. The summed E-state index contributed by atoms with van der Waals surface area (Å²) in [6.45, 7) is 6.07. The second-order valence-electron chi connectivity index (χ2n) is 7.60. The third kappa shape index (κ3) is 5.07. The van der Waals surface area contributed by atoms with Crippen molar-refractivity contribution in [3.8, 4) is 0 Å². The third-order valence-corrected chi connectivity index (χ3v) is 6.41. The first-order valence-electron chi connectivity index (χ1n) is 9.67. The lowest BCUT2D eigenvalue weighted by Crippen LogP contribution is -2.26. The number of nitrogens with zero attached hydrogens (tertiary/aromatic N) is 1. The van der Waals surface area contributed by atoms with Crippen molar-refractivity contribution in [2.45, 2.75) is 32.2 Å². The van der Waals surface area contributed by atoms with E-state index in [9.17, 15) is 13.2 Å². The molecule has 0 aliphatic carbocycles. The summed E-state index contributed by atoms with van der Waals surface area (Å²) in [5.74, 6) is -0.234. The molecule has 0 saturated heterocycles. The minimum atomic E-state index is -3.83. The third-order valence-electron chi connectivity index (χ3n) is 4.88. The van der Waals surface area contributed by atoms with Crippen LogP contribution >= 0.6 is 0 Å². The number of carbonyl (C=O) groups is 1. The molecule has 3 rings (SSSR count). The summed E-state index contributed by atoms with van der Waals surface area (Å²) in [6.07, 6.45) is 0. The van der Waals surface area contributed by atoms with Crippen LogP contribution in [-0.4, -0.2) is 26.3 Å². The molecular formula is C24H26N2O3S. The molecule has 0 fully saturated rings. The van der Waals surface area contributed by atoms with Crippen LogP contribution in [0.4, 0.5) is 5.69 Å². The molecule has 5 nitrogen and oxygen atoms in total. The highest BCUT2D eigenvalue weighted by Crippen LogP contribution is 2.22. The standard InChI is InChI=1S/C24H26N2O3S/c1-17-8-11-20(12-9-17)16-26(4)24(27)21-13-10-19(3)23(15-21)30(28,29)25-22-7-5-6-18(2)14-22/h5-15,25H,16H2,1-4H3. The van der Waals surface area contributed by atoms with Crippen LogP contribution in [0.2, 0.25) is 0 Å². The molecule has 1 N–H and O–H groups in total. The second-order valence-corrected chi connectivity index (χ2v) is 9.25. The Morgan fingerprint density at radius 3 is 2.27 bits per heavy atom. The number of benzene rings is 3. The van der Waals surface area contributed by atoms with E-state index in [1.165, 1.54) is 6.07 Å². The number of amides is 1. The number of hydrogen-bond acceptors (Lipinski definition) is 3. The van der Waals surface area contributed by atoms with Gasteiger partial charge in [0.15, 0.2) is 0 Å². The van der Waals surface area contributed by atoms with Crippen LogP contribution in [0.3, 0.4) is 0 Å². The average Bonchev–Trinajstić information content (AvgIpc) is 2.69. The Labute approximate surface area is 178 Å². The van der Waals surface area contributed by atoms with Crippen LogP contribution in [0.15, 0.2) is 71.6 Å². The first-order valence-corrected chi connectivity index (χ1v) is 11.2. The van der Waals surface area contributed by atoms with Crippen molar-refractivity contribution in [2.75, 3.05) is 11.8 Å². The number of carbonyl (C=O) groups excluding carboxylic acids is 1. The SMILES string of the molecule is Cc1ccc(CN(C)C(=O)c2ccc(C)c(S(=O)(=O)Nc3cccc(C)c3)c2)cc1. The molecule has 3 aromatic rings. The fraction of sp³-hybridized carbons (Fsp3) is 0.208. The number of rotatable bonds is 6. The average molecular weight is 423 g/mol. The Morgan fingerprint density at radius 2 is 1.60 bits per heavy atom. The van der Waals surface area contributed by atoms with Crippen LogP contribution in [0.25, 0.3) is 0 Å². The highest BCUT2D eigenvalue weighted by molar-refractivity contribution is 7.92. The summed E-state index contributed by atoms with van der Waals surface area (Å²) in [4.78, 5) is 14.6. The molecule has 3 aromatic carbocycles. The Kier molecular flexibility index (Phi) is 6.27. The lowest BCUT2D eigenvalue weighted by molar-refractivity contribution is 0.0785. The van der Waals surface area contributed by atoms with E-state index in [2.05, 4.69) is 4.72 Å². The van der Waals surface area contributed by atoms with Gasteiger partial charge in [-0.15, -0.1) is 0 Å². The Morgan fingerprint density at radius 1 is 0.900 bits per heavy atom. The topological polar surface area (TPSA) is 66.5 Å². The van der Waals surface area contributed by atoms with Crippen molar-refractivity contribution in [1.82, 2.24) is 4.90 Å². The summed E-state index contributed by atoms with van der Waals surface area (Å²) in [6, 6.07) is 19.9. The smallest absolute Gasteiger partial charge is 0.262 e. The molecule has 0 aromatic heterocycles. The molecular weight excluding hydrogens is 396 g/mol. The number of hydrogen-bond donors (Lipinski definition) is 1. The summed E-state index contributed by atoms with van der Waals surface area (Å²) < 4.78 is 28.5. The van der Waals surface area contributed by atoms with Crippen molar-refractivity contribution >= 4 is 21.6 Å². The molecule has 1 amide bonds. The number of anilines is 1. The maximum Gasteiger partial charge on any atom is 0.262 e. The zero-order valence-electron chi connectivity index (χ0n) is 17.6. The predicted molar refractivity (Wildman–Crippen MR) is 120 cm³/mol. The Balaban J connectivity index is 1.84. The molecule has 0 heterocycles. The Bertz CT molecular complexity index is 1170. The fourth-order valence-electron chi connectivity index (χ4n) is 3.20. The van der Waals surface area contributed by atoms with Crippen LogP contribution < -0.4 is 4.72 Å². The van der Waals surface area contributed by atoms with Crippen LogP contribution in [0.1, 0.15) is 32.6 Å². The maximum absolute atomic E-state index is 13.0. The molecule has 0 saturated carbocycles. The highest BCUT2D eigenvalue weighted by atomic mass is 32.2. The molecule has 0 unspecified atom stereocenters. The molecule has 0 atom stereocenters. The van der Waals surface area contributed by atoms with Gasteiger partial charge in [-0.2, -0.15) is 0 Å². The number of aryl methyl sites for hydroxylation is 3. The molecule has 6 heteroatoms. The van der Waals surface area contributed by atoms with Gasteiger partial charge in [0.05, 0.1) is 4.90 Å². The van der Waals surface area contributed by atoms with E-state index in [1.807, 2.05) is 44.2 Å². The predicted octanol–water partition coefficient (Wildman–Crippen LogP) is 4.68. The minimum absolute atomic E-state index is 0.0959. The zero-order chi connectivity index (χ0) is 21.9. The van der Waals surface area contributed by atoms with Gasteiger partial charge < -0.3 is 4.90 Å². The molecule has 156 valence electrons. The first-order chi connectivity index (χ1) is 14.2. The van der Waals surface area contributed by atoms with Crippen LogP contribution in [-0.2, 0) is 16.6 Å². The van der Waals surface area contributed by atoms with Gasteiger partial charge in [0, 0.05) is 24.8 Å². The second kappa shape index (κ2) is 8.71. The Hall–Kier alpha value is -3.12. The monoisotopic (exact) mass is 422 g/mol. The quantitative estimate of drug-likeness (QED) is 0.627. The van der Waals surface area contributed by atoms with Crippen LogP contribution in [0.5, 0.6) is 0 Å². The lowest BCUT2D eigenvalue weighted by Gasteiger charge is -2.19. The van der Waals surface area contributed by atoms with Gasteiger partial charge in [0.2, 0.25) is 0 Å². The molecule has 0 radical (unpaired) electrons. The van der Waals surface area contributed by atoms with Crippen molar-refractivity contribution in [1.29, 1.82) is 0 Å². The van der Waals surface area contributed by atoms with E-state index in [0.29, 0.717) is 23.4 Å². The minimum Gasteiger partial charge on any atom is -0.337 e. The van der Waals surface area contributed by atoms with Gasteiger partial charge in [-0.25, -0.2) is 8.42 Å². The van der Waals surface area contributed by atoms with E-state index < -0.39 is 10.0 Å². The van der Waals surface area contributed by atoms with E-state index in [-0.39, 0.29) is 10.8 Å². The molecule has 0 aliphatic rings. The van der Waals surface area contributed by atoms with Gasteiger partial charge in [0.1, 0.15) is 0 Å². The molecule has 0 bridgehead atoms. The summed E-state index contributed by atoms with van der Waals surface area (Å²) in [7, 11) is -2.12. The van der Waals surface area contributed by atoms with E-state index in [1.54, 1.807) is 49.2 Å². The van der Waals surface area contributed by atoms with E-state index in [0.717, 1.165) is 16.7 Å². The van der Waals surface area contributed by atoms with Gasteiger partial charge in [0.25, 0.3) is 15.9 Å². The maximum atomic E-state index is 13.0. The normalized spacial score (nSPS) is 11.2. The molecule has 30 heavy (non-hydrogen) atoms. The lowest BCUT2D eigenvalue weighted by atomic mass is 10.1. The van der Waals surface area contributed by atoms with Crippen molar-refractivity contribution in [3.05, 3.63) is 94.5 Å². The van der Waals surface area contributed by atoms with E-state index >= 15 is 0 Å². The zero-order valence-corrected chi connectivity index (χ0v) is 18.5. The highest BCUT2D eigenvalue weighted by Gasteiger charge is 2.21. The number of nitrogens with one attached hydrogen (secondary N) is 1. The van der Waals surface area contributed by atoms with Crippen LogP contribution in [0, 0.1) is 20.8 Å². The van der Waals surface area contributed by atoms with Gasteiger partial charge >= 0.3 is 0 Å². The molecule has 0 aliphatic heterocycles. The largest absolute Gasteiger partial charge is 0.337 e. The van der Waals surface area contributed by atoms with Crippen molar-refractivity contribution in [2.24, 2.45) is 0 Å². The molecule has 0 spiro atoms. The fourth-order valence-corrected chi connectivity index (χ4v) is 4.52. The van der Waals surface area contributed by atoms with Gasteiger partial charge in [-0.1, -0.05) is 48.0 Å². The first kappa shape index (κ1) is 21.6. The van der Waals surface area contributed by atoms with Crippen molar-refractivity contribution < 1.29 is 13.2 Å². The van der Waals surface area contributed by atoms with Crippen molar-refractivity contribution in [3.63, 3.8) is 0 Å². The number of sulfonamides is 1.